The topological polar surface area (TPSA) is 229 Å². The number of nitro benzene ring substituents is 2. The van der Waals surface area contributed by atoms with Crippen molar-refractivity contribution in [2.45, 2.75) is 0 Å². The molecule has 18 heteroatoms. The molecule has 4 aromatic heterocycles. The van der Waals surface area contributed by atoms with Crippen molar-refractivity contribution in [3.8, 4) is 0 Å². The first-order valence-electron chi connectivity index (χ1n) is 7.86. The van der Waals surface area contributed by atoms with Gasteiger partial charge in [0.1, 0.15) is 0 Å². The number of nitrogens with one attached hydrogen (secondary N) is 1. The average Bonchev–Trinajstić information content (AvgIpc) is 3.42. The quantitative estimate of drug-likeness (QED) is 0.155. The van der Waals surface area contributed by atoms with Crippen LogP contribution in [0, 0.1) is 30.6 Å². The maximum atomic E-state index is 12.0. The Hall–Kier alpha value is -5.16. The summed E-state index contributed by atoms with van der Waals surface area (Å²) in [6, 6.07) is 2.16. The van der Waals surface area contributed by atoms with Crippen LogP contribution in [-0.2, 0) is 0 Å². The van der Waals surface area contributed by atoms with Crippen LogP contribution in [0.5, 0.6) is 0 Å². The number of aromatic nitrogens is 8. The zero-order valence-corrected chi connectivity index (χ0v) is 13.9. The highest BCUT2D eigenvalue weighted by atomic mass is 16.8. The van der Waals surface area contributed by atoms with Gasteiger partial charge in [0, 0.05) is 10.2 Å². The molecule has 30 heavy (non-hydrogen) atoms. The number of benzene rings is 2. The molecule has 0 saturated carbocycles. The molecule has 1 N–H and O–H groups in total. The number of aromatic amines is 1. The Morgan fingerprint density at radius 2 is 1.57 bits per heavy atom. The highest BCUT2D eigenvalue weighted by molar-refractivity contribution is 6.03. The average molecular weight is 415 g/mol. The minimum absolute atomic E-state index is 0.00284. The van der Waals surface area contributed by atoms with Gasteiger partial charge < -0.3 is 15.0 Å². The molecule has 0 fully saturated rings. The van der Waals surface area contributed by atoms with Crippen molar-refractivity contribution in [3.05, 3.63) is 42.8 Å². The number of rotatable bonds is 2. The summed E-state index contributed by atoms with van der Waals surface area (Å²) in [7, 11) is 0. The van der Waals surface area contributed by atoms with Gasteiger partial charge in [0.25, 0.3) is 27.6 Å². The lowest BCUT2D eigenvalue weighted by molar-refractivity contribution is -0.781. The van der Waals surface area contributed by atoms with E-state index in [4.69, 9.17) is 0 Å². The molecule has 0 unspecified atom stereocenters. The van der Waals surface area contributed by atoms with Crippen molar-refractivity contribution < 1.29 is 33.4 Å². The van der Waals surface area contributed by atoms with Gasteiger partial charge >= 0.3 is 16.9 Å². The molecule has 18 nitrogen and oxygen atoms in total. The van der Waals surface area contributed by atoms with E-state index in [1.54, 1.807) is 0 Å². The number of hydrogen-bond acceptors (Lipinski definition) is 11. The van der Waals surface area contributed by atoms with Crippen LogP contribution >= 0.6 is 0 Å². The van der Waals surface area contributed by atoms with Crippen molar-refractivity contribution in [1.82, 2.24) is 25.3 Å². The Labute approximate surface area is 158 Å². The summed E-state index contributed by atoms with van der Waals surface area (Å²) in [5, 5.41) is 60.7. The van der Waals surface area contributed by atoms with Crippen molar-refractivity contribution in [1.29, 1.82) is 0 Å². The van der Waals surface area contributed by atoms with Crippen LogP contribution < -0.4 is 14.3 Å². The van der Waals surface area contributed by atoms with Gasteiger partial charge in [0.05, 0.1) is 31.9 Å². The summed E-state index contributed by atoms with van der Waals surface area (Å²) in [6.45, 7) is 0. The number of H-pyrrole nitrogens is 1. The van der Waals surface area contributed by atoms with Crippen molar-refractivity contribution >= 4 is 55.5 Å². The van der Waals surface area contributed by atoms with Crippen molar-refractivity contribution in [2.24, 2.45) is 0 Å². The fraction of sp³-hybridized carbons (Fsp3) is 0. The van der Waals surface area contributed by atoms with E-state index in [9.17, 15) is 30.6 Å². The van der Waals surface area contributed by atoms with Crippen LogP contribution in [0.3, 0.4) is 0 Å². The molecule has 0 aliphatic rings. The predicted molar refractivity (Wildman–Crippen MR) is 86.6 cm³/mol. The number of non-ortho nitro benzene ring substituents is 2. The van der Waals surface area contributed by atoms with Crippen molar-refractivity contribution in [2.75, 3.05) is 0 Å². The largest absolute Gasteiger partial charge is 0.359 e. The lowest BCUT2D eigenvalue weighted by atomic mass is 10.2. The fourth-order valence-corrected chi connectivity index (χ4v) is 3.46. The Morgan fingerprint density at radius 3 is 2.23 bits per heavy atom. The second kappa shape index (κ2) is 4.81. The Kier molecular flexibility index (Phi) is 2.54. The first-order valence-corrected chi connectivity index (χ1v) is 7.86. The third kappa shape index (κ3) is 1.67. The summed E-state index contributed by atoms with van der Waals surface area (Å²) in [5.74, 6) is 0. The monoisotopic (exact) mass is 415 g/mol. The van der Waals surface area contributed by atoms with Gasteiger partial charge in [0.15, 0.2) is 11.0 Å². The maximum Gasteiger partial charge on any atom is 0.330 e. The predicted octanol–water partition coefficient (Wildman–Crippen LogP) is -1.08. The minimum Gasteiger partial charge on any atom is -0.359 e. The van der Waals surface area contributed by atoms with Crippen LogP contribution in [0.2, 0.25) is 0 Å². The third-order valence-corrected chi connectivity index (χ3v) is 4.65. The molecule has 0 aliphatic carbocycles. The van der Waals surface area contributed by atoms with E-state index in [-0.39, 0.29) is 53.9 Å². The molecule has 0 atom stereocenters. The fourth-order valence-electron chi connectivity index (χ4n) is 3.46. The zero-order valence-electron chi connectivity index (χ0n) is 13.9. The molecule has 2 aromatic carbocycles. The molecule has 0 radical (unpaired) electrons. The first kappa shape index (κ1) is 15.9. The van der Waals surface area contributed by atoms with Crippen LogP contribution in [0.4, 0.5) is 11.4 Å². The van der Waals surface area contributed by atoms with E-state index in [1.807, 2.05) is 0 Å². The molecule has 4 heterocycles. The summed E-state index contributed by atoms with van der Waals surface area (Å²) >= 11 is 0. The summed E-state index contributed by atoms with van der Waals surface area (Å²) in [5.41, 5.74) is -2.28. The smallest absolute Gasteiger partial charge is 0.330 e. The minimum atomic E-state index is -0.774. The van der Waals surface area contributed by atoms with E-state index in [0.717, 1.165) is 16.9 Å². The van der Waals surface area contributed by atoms with Gasteiger partial charge in [-0.1, -0.05) is 0 Å². The van der Waals surface area contributed by atoms with Crippen LogP contribution in [-0.4, -0.2) is 35.1 Å². The van der Waals surface area contributed by atoms with Crippen molar-refractivity contribution in [3.63, 3.8) is 0 Å². The standard InChI is InChI=1S/C12H3N10O8/c23-18(24)5-1-3-7(11-9(5)15-29-20(11)27)13-22-14-8-4(17(3)22)2-6(19(25)26)10-12(8)21(28)30-16-10/h1-2,15H/q+1. The van der Waals surface area contributed by atoms with Gasteiger partial charge in [-0.25, -0.2) is 0 Å². The SMILES string of the molecule is O=[N+]([O-])c1cc2c(nn3nc4c5c([nH]o[n+]5[O-])c([N+](=O)[O-])cc4[n+]23)c2c1no[n+]2[O-]. The van der Waals surface area contributed by atoms with E-state index >= 15 is 0 Å². The van der Waals surface area contributed by atoms with Gasteiger partial charge in [-0.2, -0.15) is 5.16 Å². The summed E-state index contributed by atoms with van der Waals surface area (Å²) in [4.78, 5) is 21.4. The Morgan fingerprint density at radius 1 is 0.933 bits per heavy atom. The van der Waals surface area contributed by atoms with Gasteiger partial charge in [-0.3, -0.25) is 24.9 Å². The lowest BCUT2D eigenvalue weighted by Gasteiger charge is -1.92. The maximum absolute atomic E-state index is 12.0. The normalized spacial score (nSPS) is 12.1. The highest BCUT2D eigenvalue weighted by Crippen LogP contribution is 2.31. The molecular formula is C12H3N10O8+. The first-order chi connectivity index (χ1) is 14.4. The molecular weight excluding hydrogens is 412 g/mol. The van der Waals surface area contributed by atoms with Gasteiger partial charge in [-0.05, 0) is 9.81 Å². The number of hydrogen-bond donors (Lipinski definition) is 1. The third-order valence-electron chi connectivity index (χ3n) is 4.65. The molecule has 0 saturated heterocycles. The zero-order chi connectivity index (χ0) is 20.9. The second-order valence-corrected chi connectivity index (χ2v) is 6.12. The second-order valence-electron chi connectivity index (χ2n) is 6.12. The number of nitrogens with zero attached hydrogens (tertiary/aromatic N) is 9. The molecule has 0 bridgehead atoms. The van der Waals surface area contributed by atoms with Crippen LogP contribution in [0.15, 0.2) is 21.4 Å². The molecule has 6 aromatic rings. The molecule has 0 spiro atoms. The van der Waals surface area contributed by atoms with E-state index in [0.29, 0.717) is 0 Å². The number of fused-ring (bicyclic) bond motifs is 9. The lowest BCUT2D eigenvalue weighted by Crippen LogP contribution is -2.27. The van der Waals surface area contributed by atoms with E-state index in [2.05, 4.69) is 29.8 Å². The van der Waals surface area contributed by atoms with Crippen LogP contribution in [0.1, 0.15) is 0 Å². The van der Waals surface area contributed by atoms with Gasteiger partial charge in [-0.15, -0.1) is 4.52 Å². The molecule has 6 rings (SSSR count). The van der Waals surface area contributed by atoms with E-state index in [1.165, 1.54) is 4.52 Å². The Balaban J connectivity index is 1.90. The molecule has 148 valence electrons. The highest BCUT2D eigenvalue weighted by Gasteiger charge is 2.37. The van der Waals surface area contributed by atoms with E-state index < -0.39 is 21.2 Å². The van der Waals surface area contributed by atoms with Gasteiger partial charge in [0.2, 0.25) is 0 Å². The van der Waals surface area contributed by atoms with Crippen LogP contribution in [0.25, 0.3) is 44.1 Å². The molecule has 0 amide bonds. The number of nitro groups is 2. The Bertz CT molecular complexity index is 1610. The summed E-state index contributed by atoms with van der Waals surface area (Å²) in [6.07, 6.45) is 0. The molecule has 0 aliphatic heterocycles. The summed E-state index contributed by atoms with van der Waals surface area (Å²) < 4.78 is 11.2.